The maximum absolute atomic E-state index is 12.4. The summed E-state index contributed by atoms with van der Waals surface area (Å²) in [5.74, 6) is 1.43. The van der Waals surface area contributed by atoms with Gasteiger partial charge in [-0.15, -0.1) is 0 Å². The van der Waals surface area contributed by atoms with Crippen molar-refractivity contribution in [2.24, 2.45) is 0 Å². The largest absolute Gasteiger partial charge is 0.493 e. The summed E-state index contributed by atoms with van der Waals surface area (Å²) >= 11 is 0. The van der Waals surface area contributed by atoms with Crippen molar-refractivity contribution in [1.82, 2.24) is 0 Å². The average molecular weight is 372 g/mol. The first-order valence-corrected chi connectivity index (χ1v) is 8.93. The van der Waals surface area contributed by atoms with Crippen molar-refractivity contribution in [1.29, 1.82) is 0 Å². The van der Waals surface area contributed by atoms with Gasteiger partial charge in [-0.3, -0.25) is 4.79 Å². The van der Waals surface area contributed by atoms with Gasteiger partial charge in [0.15, 0.2) is 11.5 Å². The third-order valence-corrected chi connectivity index (χ3v) is 4.31. The van der Waals surface area contributed by atoms with Crippen LogP contribution < -0.4 is 24.4 Å². The molecular formula is C21H28N2O4. The van der Waals surface area contributed by atoms with Gasteiger partial charge in [0, 0.05) is 43.0 Å². The first kappa shape index (κ1) is 20.4. The summed E-state index contributed by atoms with van der Waals surface area (Å²) in [6.45, 7) is 5.62. The Labute approximate surface area is 161 Å². The second-order valence-electron chi connectivity index (χ2n) is 6.13. The van der Waals surface area contributed by atoms with Gasteiger partial charge >= 0.3 is 0 Å². The number of anilines is 2. The number of nitrogens with zero attached hydrogens (tertiary/aromatic N) is 1. The number of hydrogen-bond donors (Lipinski definition) is 1. The van der Waals surface area contributed by atoms with Crippen LogP contribution in [0.25, 0.3) is 0 Å². The van der Waals surface area contributed by atoms with E-state index in [4.69, 9.17) is 14.2 Å². The molecule has 6 heteroatoms. The zero-order valence-corrected chi connectivity index (χ0v) is 16.7. The first-order chi connectivity index (χ1) is 13.0. The highest BCUT2D eigenvalue weighted by Gasteiger charge is 2.15. The van der Waals surface area contributed by atoms with E-state index in [0.29, 0.717) is 35.9 Å². The molecule has 0 aliphatic carbocycles. The molecule has 2 rings (SSSR count). The van der Waals surface area contributed by atoms with Crippen LogP contribution in [-0.2, 0) is 4.79 Å². The second kappa shape index (κ2) is 9.71. The molecule has 0 atom stereocenters. The molecule has 0 unspecified atom stereocenters. The van der Waals surface area contributed by atoms with E-state index in [1.54, 1.807) is 33.5 Å². The molecule has 146 valence electrons. The van der Waals surface area contributed by atoms with E-state index in [-0.39, 0.29) is 5.91 Å². The average Bonchev–Trinajstić information content (AvgIpc) is 2.67. The predicted octanol–water partition coefficient (Wildman–Crippen LogP) is 3.88. The molecule has 0 radical (unpaired) electrons. The summed E-state index contributed by atoms with van der Waals surface area (Å²) in [6, 6.07) is 11.7. The van der Waals surface area contributed by atoms with Gasteiger partial charge < -0.3 is 24.4 Å². The van der Waals surface area contributed by atoms with E-state index in [9.17, 15) is 4.79 Å². The normalized spacial score (nSPS) is 10.3. The second-order valence-corrected chi connectivity index (χ2v) is 6.13. The number of carbonyl (C=O) groups is 1. The Morgan fingerprint density at radius 1 is 1.04 bits per heavy atom. The third kappa shape index (κ3) is 5.29. The summed E-state index contributed by atoms with van der Waals surface area (Å²) in [4.78, 5) is 14.6. The molecule has 27 heavy (non-hydrogen) atoms. The predicted molar refractivity (Wildman–Crippen MR) is 108 cm³/mol. The highest BCUT2D eigenvalue weighted by atomic mass is 16.5. The Kier molecular flexibility index (Phi) is 7.34. The molecule has 0 heterocycles. The summed E-state index contributed by atoms with van der Waals surface area (Å²) in [5.41, 5.74) is 2.93. The molecule has 6 nitrogen and oxygen atoms in total. The summed E-state index contributed by atoms with van der Waals surface area (Å²) in [5, 5.41) is 2.90. The Morgan fingerprint density at radius 2 is 1.70 bits per heavy atom. The van der Waals surface area contributed by atoms with Gasteiger partial charge in [0.1, 0.15) is 0 Å². The van der Waals surface area contributed by atoms with Crippen LogP contribution in [0.5, 0.6) is 17.2 Å². The van der Waals surface area contributed by atoms with Gasteiger partial charge in [0.05, 0.1) is 21.3 Å². The molecule has 1 N–H and O–H groups in total. The SMILES string of the molecule is CCN(CCC(=O)Nc1cc(OC)c(OC)c(OC)c1)c1cccc(C)c1. The van der Waals surface area contributed by atoms with E-state index < -0.39 is 0 Å². The molecule has 0 bridgehead atoms. The maximum atomic E-state index is 12.4. The monoisotopic (exact) mass is 372 g/mol. The molecular weight excluding hydrogens is 344 g/mol. The lowest BCUT2D eigenvalue weighted by molar-refractivity contribution is -0.116. The molecule has 0 aliphatic rings. The van der Waals surface area contributed by atoms with Gasteiger partial charge in [-0.25, -0.2) is 0 Å². The Morgan fingerprint density at radius 3 is 2.22 bits per heavy atom. The zero-order chi connectivity index (χ0) is 19.8. The molecule has 0 spiro atoms. The zero-order valence-electron chi connectivity index (χ0n) is 16.7. The van der Waals surface area contributed by atoms with Crippen LogP contribution in [0.2, 0.25) is 0 Å². The highest BCUT2D eigenvalue weighted by molar-refractivity contribution is 5.91. The molecule has 0 saturated carbocycles. The molecule has 0 aliphatic heterocycles. The van der Waals surface area contributed by atoms with Crippen molar-refractivity contribution < 1.29 is 19.0 Å². The molecule has 0 aromatic heterocycles. The van der Waals surface area contributed by atoms with Crippen molar-refractivity contribution in [3.8, 4) is 17.2 Å². The smallest absolute Gasteiger partial charge is 0.226 e. The van der Waals surface area contributed by atoms with E-state index >= 15 is 0 Å². The minimum atomic E-state index is -0.0737. The number of rotatable bonds is 9. The first-order valence-electron chi connectivity index (χ1n) is 8.93. The summed E-state index contributed by atoms with van der Waals surface area (Å²) in [6.07, 6.45) is 0.373. The van der Waals surface area contributed by atoms with E-state index in [1.807, 2.05) is 6.07 Å². The molecule has 2 aromatic rings. The fraction of sp³-hybridized carbons (Fsp3) is 0.381. The highest BCUT2D eigenvalue weighted by Crippen LogP contribution is 2.39. The lowest BCUT2D eigenvalue weighted by Gasteiger charge is -2.23. The van der Waals surface area contributed by atoms with Crippen molar-refractivity contribution in [2.75, 3.05) is 44.6 Å². The quantitative estimate of drug-likeness (QED) is 0.724. The van der Waals surface area contributed by atoms with Crippen molar-refractivity contribution in [2.45, 2.75) is 20.3 Å². The molecule has 0 saturated heterocycles. The van der Waals surface area contributed by atoms with Crippen LogP contribution in [0.15, 0.2) is 36.4 Å². The number of ether oxygens (including phenoxy) is 3. The maximum Gasteiger partial charge on any atom is 0.226 e. The minimum Gasteiger partial charge on any atom is -0.493 e. The lowest BCUT2D eigenvalue weighted by Crippen LogP contribution is -2.27. The standard InChI is InChI=1S/C21H28N2O4/c1-6-23(17-9-7-8-15(2)12-17)11-10-20(24)22-16-13-18(25-3)21(27-5)19(14-16)26-4/h7-9,12-14H,6,10-11H2,1-5H3,(H,22,24). The number of aryl methyl sites for hydroxylation is 1. The van der Waals surface area contributed by atoms with Gasteiger partial charge in [-0.05, 0) is 31.5 Å². The number of benzene rings is 2. The molecule has 1 amide bonds. The van der Waals surface area contributed by atoms with Crippen LogP contribution in [0.4, 0.5) is 11.4 Å². The summed E-state index contributed by atoms with van der Waals surface area (Å²) in [7, 11) is 4.64. The van der Waals surface area contributed by atoms with E-state index in [1.165, 1.54) is 5.56 Å². The van der Waals surface area contributed by atoms with Gasteiger partial charge in [0.2, 0.25) is 11.7 Å². The van der Waals surface area contributed by atoms with Gasteiger partial charge in [-0.1, -0.05) is 12.1 Å². The van der Waals surface area contributed by atoms with Gasteiger partial charge in [-0.2, -0.15) is 0 Å². The van der Waals surface area contributed by atoms with Crippen LogP contribution in [0.1, 0.15) is 18.9 Å². The van der Waals surface area contributed by atoms with Crippen LogP contribution >= 0.6 is 0 Å². The number of nitrogens with one attached hydrogen (secondary N) is 1. The van der Waals surface area contributed by atoms with Crippen LogP contribution in [-0.4, -0.2) is 40.3 Å². The van der Waals surface area contributed by atoms with E-state index in [2.05, 4.69) is 42.3 Å². The minimum absolute atomic E-state index is 0.0737. The fourth-order valence-electron chi connectivity index (χ4n) is 2.91. The lowest BCUT2D eigenvalue weighted by atomic mass is 10.2. The van der Waals surface area contributed by atoms with Crippen LogP contribution in [0, 0.1) is 6.92 Å². The van der Waals surface area contributed by atoms with Crippen molar-refractivity contribution >= 4 is 17.3 Å². The Bertz CT molecular complexity index is 752. The topological polar surface area (TPSA) is 60.0 Å². The molecule has 2 aromatic carbocycles. The van der Waals surface area contributed by atoms with Crippen LogP contribution in [0.3, 0.4) is 0 Å². The van der Waals surface area contributed by atoms with Gasteiger partial charge in [0.25, 0.3) is 0 Å². The Hall–Kier alpha value is -2.89. The summed E-state index contributed by atoms with van der Waals surface area (Å²) < 4.78 is 15.9. The number of hydrogen-bond acceptors (Lipinski definition) is 5. The molecule has 0 fully saturated rings. The van der Waals surface area contributed by atoms with Crippen molar-refractivity contribution in [3.63, 3.8) is 0 Å². The fourth-order valence-corrected chi connectivity index (χ4v) is 2.91. The number of methoxy groups -OCH3 is 3. The number of carbonyl (C=O) groups excluding carboxylic acids is 1. The Balaban J connectivity index is 2.04. The third-order valence-electron chi connectivity index (χ3n) is 4.31. The van der Waals surface area contributed by atoms with E-state index in [0.717, 1.165) is 12.2 Å². The number of amides is 1. The van der Waals surface area contributed by atoms with Crippen molar-refractivity contribution in [3.05, 3.63) is 42.0 Å².